The lowest BCUT2D eigenvalue weighted by atomic mass is 9.69. The van der Waals surface area contributed by atoms with Gasteiger partial charge in [0.2, 0.25) is 5.91 Å². The highest BCUT2D eigenvalue weighted by atomic mass is 28.4. The maximum atomic E-state index is 13.4. The molecule has 5 nitrogen and oxygen atoms in total. The fraction of sp³-hybridized carbons (Fsp3) is 0.917. The molecule has 0 radical (unpaired) electrons. The van der Waals surface area contributed by atoms with Crippen molar-refractivity contribution in [3.63, 3.8) is 0 Å². The van der Waals surface area contributed by atoms with E-state index in [0.29, 0.717) is 6.61 Å². The second kappa shape index (κ2) is 9.03. The lowest BCUT2D eigenvalue weighted by molar-refractivity contribution is -0.147. The maximum Gasteiger partial charge on any atom is 0.228 e. The lowest BCUT2D eigenvalue weighted by Gasteiger charge is -2.48. The molecule has 0 aromatic rings. The van der Waals surface area contributed by atoms with Gasteiger partial charge in [0.05, 0.1) is 18.1 Å². The number of carbonyl (C=O) groups excluding carboxylic acids is 2. The van der Waals surface area contributed by atoms with Gasteiger partial charge in [-0.25, -0.2) is 0 Å². The Bertz CT molecular complexity index is 678. The van der Waals surface area contributed by atoms with Crippen molar-refractivity contribution in [2.24, 2.45) is 17.8 Å². The van der Waals surface area contributed by atoms with E-state index in [1.54, 1.807) is 0 Å². The molecule has 2 fully saturated rings. The van der Waals surface area contributed by atoms with Crippen molar-refractivity contribution in [3.05, 3.63) is 0 Å². The number of hydrogen-bond donors (Lipinski definition) is 1. The van der Waals surface area contributed by atoms with Gasteiger partial charge in [-0.15, -0.1) is 0 Å². The van der Waals surface area contributed by atoms with Crippen LogP contribution in [0.2, 0.25) is 36.3 Å². The smallest absolute Gasteiger partial charge is 0.228 e. The third kappa shape index (κ3) is 5.71. The molecule has 1 saturated carbocycles. The van der Waals surface area contributed by atoms with Crippen molar-refractivity contribution in [1.82, 2.24) is 5.32 Å². The van der Waals surface area contributed by atoms with Gasteiger partial charge in [0.1, 0.15) is 5.78 Å². The van der Waals surface area contributed by atoms with Gasteiger partial charge in [-0.1, -0.05) is 48.0 Å². The van der Waals surface area contributed by atoms with E-state index < -0.39 is 16.6 Å². The Morgan fingerprint density at radius 3 is 2.00 bits per heavy atom. The van der Waals surface area contributed by atoms with Gasteiger partial charge in [-0.3, -0.25) is 9.59 Å². The summed E-state index contributed by atoms with van der Waals surface area (Å²) in [6.45, 7) is 24.7. The molecule has 1 saturated heterocycles. The molecular weight excluding hydrogens is 422 g/mol. The monoisotopic (exact) mass is 469 g/mol. The van der Waals surface area contributed by atoms with Crippen molar-refractivity contribution < 1.29 is 18.4 Å². The lowest BCUT2D eigenvalue weighted by Crippen LogP contribution is -2.68. The fourth-order valence-corrected chi connectivity index (χ4v) is 6.69. The Balaban J connectivity index is 2.06. The highest BCUT2D eigenvalue weighted by molar-refractivity contribution is 6.74. The summed E-state index contributed by atoms with van der Waals surface area (Å²) < 4.78 is 12.9. The first-order valence-electron chi connectivity index (χ1n) is 12.0. The molecular formula is C24H47NO4Si2. The molecule has 1 heterocycles. The molecule has 31 heavy (non-hydrogen) atoms. The van der Waals surface area contributed by atoms with Gasteiger partial charge in [-0.2, -0.15) is 0 Å². The molecule has 7 heteroatoms. The molecule has 0 aromatic carbocycles. The molecule has 0 spiro atoms. The zero-order chi connectivity index (χ0) is 24.0. The van der Waals surface area contributed by atoms with Gasteiger partial charge >= 0.3 is 0 Å². The molecule has 5 atom stereocenters. The molecule has 180 valence electrons. The van der Waals surface area contributed by atoms with Crippen molar-refractivity contribution in [1.29, 1.82) is 0 Å². The molecule has 1 N–H and O–H groups in total. The average molecular weight is 470 g/mol. The molecule has 0 aromatic heterocycles. The standard InChI is InChI=1S/C24H47NO4Si2/c1-16(29-31(10,11)24(5,6)7)19-20(25-22(19)27)18-14-12-13-17(21(18)26)15-28-30(8,9)23(2,3)4/h16-20H,12-15H2,1-11H3,(H,25,27)/t16-,17+,18+,19-,20+/m1/s1. The first-order chi connectivity index (χ1) is 13.9. The number of nitrogens with one attached hydrogen (secondary N) is 1. The number of hydrogen-bond acceptors (Lipinski definition) is 4. The van der Waals surface area contributed by atoms with Crippen molar-refractivity contribution in [3.8, 4) is 0 Å². The van der Waals surface area contributed by atoms with E-state index >= 15 is 0 Å². The van der Waals surface area contributed by atoms with Crippen LogP contribution in [-0.2, 0) is 18.4 Å². The van der Waals surface area contributed by atoms with Gasteiger partial charge in [0.15, 0.2) is 16.6 Å². The third-order valence-corrected chi connectivity index (χ3v) is 17.6. The predicted octanol–water partition coefficient (Wildman–Crippen LogP) is 5.52. The highest BCUT2D eigenvalue weighted by Gasteiger charge is 2.53. The Morgan fingerprint density at radius 2 is 1.52 bits per heavy atom. The molecule has 1 aliphatic carbocycles. The summed E-state index contributed by atoms with van der Waals surface area (Å²) in [5.41, 5.74) is 0. The largest absolute Gasteiger partial charge is 0.416 e. The normalized spacial score (nSPS) is 29.4. The Labute approximate surface area is 192 Å². The minimum absolute atomic E-state index is 0.0312. The number of ketones is 1. The fourth-order valence-electron chi connectivity index (χ4n) is 4.21. The molecule has 0 unspecified atom stereocenters. The van der Waals surface area contributed by atoms with Gasteiger partial charge in [-0.05, 0) is 56.0 Å². The summed E-state index contributed by atoms with van der Waals surface area (Å²) in [4.78, 5) is 25.9. The number of carbonyl (C=O) groups is 2. The summed E-state index contributed by atoms with van der Waals surface area (Å²) in [6.07, 6.45) is 2.59. The Kier molecular flexibility index (Phi) is 7.79. The Hall–Kier alpha value is -0.506. The van der Waals surface area contributed by atoms with Crippen LogP contribution < -0.4 is 5.32 Å². The number of rotatable bonds is 7. The van der Waals surface area contributed by atoms with E-state index in [1.807, 2.05) is 6.92 Å². The van der Waals surface area contributed by atoms with E-state index in [2.05, 4.69) is 73.0 Å². The average Bonchev–Trinajstić information content (AvgIpc) is 2.56. The summed E-state index contributed by atoms with van der Waals surface area (Å²) in [5, 5.41) is 3.28. The van der Waals surface area contributed by atoms with E-state index in [0.717, 1.165) is 19.3 Å². The van der Waals surface area contributed by atoms with Crippen LogP contribution in [0.15, 0.2) is 0 Å². The van der Waals surface area contributed by atoms with Crippen LogP contribution in [0, 0.1) is 17.8 Å². The Morgan fingerprint density at radius 1 is 0.968 bits per heavy atom. The number of amides is 1. The van der Waals surface area contributed by atoms with E-state index in [-0.39, 0.29) is 51.7 Å². The molecule has 1 aliphatic heterocycles. The third-order valence-electron chi connectivity index (χ3n) is 8.51. The minimum atomic E-state index is -1.98. The summed E-state index contributed by atoms with van der Waals surface area (Å²) in [6, 6.07) is -0.101. The van der Waals surface area contributed by atoms with Gasteiger partial charge < -0.3 is 14.2 Å². The topological polar surface area (TPSA) is 64.6 Å². The minimum Gasteiger partial charge on any atom is -0.416 e. The predicted molar refractivity (Wildman–Crippen MR) is 132 cm³/mol. The van der Waals surface area contributed by atoms with Crippen LogP contribution in [-0.4, -0.2) is 47.1 Å². The van der Waals surface area contributed by atoms with E-state index in [9.17, 15) is 9.59 Å². The van der Waals surface area contributed by atoms with Gasteiger partial charge in [0.25, 0.3) is 0 Å². The highest BCUT2D eigenvalue weighted by Crippen LogP contribution is 2.42. The quantitative estimate of drug-likeness (QED) is 0.394. The van der Waals surface area contributed by atoms with Gasteiger partial charge in [0, 0.05) is 18.4 Å². The zero-order valence-electron chi connectivity index (χ0n) is 21.8. The van der Waals surface area contributed by atoms with Crippen molar-refractivity contribution in [2.45, 2.75) is 116 Å². The molecule has 2 rings (SSSR count). The van der Waals surface area contributed by atoms with Crippen molar-refractivity contribution in [2.75, 3.05) is 6.61 Å². The number of β-lactam (4-membered cyclic amide) rings is 1. The summed E-state index contributed by atoms with van der Waals surface area (Å²) >= 11 is 0. The number of Topliss-reactive ketones (excluding diaryl/α,β-unsaturated/α-hetero) is 1. The zero-order valence-corrected chi connectivity index (χ0v) is 23.8. The SMILES string of the molecule is C[C@@H](O[Si](C)(C)C(C)(C)C)[C@H]1C(=O)N[C@H]1[C@@H]1CCC[C@@H](CO[Si](C)(C)C(C)(C)C)C1=O. The molecule has 0 bridgehead atoms. The van der Waals surface area contributed by atoms with E-state index in [1.165, 1.54) is 0 Å². The maximum absolute atomic E-state index is 13.4. The molecule has 2 aliphatic rings. The summed E-state index contributed by atoms with van der Waals surface area (Å²) in [7, 11) is -3.87. The van der Waals surface area contributed by atoms with Crippen LogP contribution in [0.1, 0.15) is 67.7 Å². The first-order valence-corrected chi connectivity index (χ1v) is 17.9. The van der Waals surface area contributed by atoms with E-state index in [4.69, 9.17) is 8.85 Å². The van der Waals surface area contributed by atoms with Crippen LogP contribution in [0.25, 0.3) is 0 Å². The van der Waals surface area contributed by atoms with Crippen LogP contribution in [0.5, 0.6) is 0 Å². The second-order valence-electron chi connectivity index (χ2n) is 12.9. The van der Waals surface area contributed by atoms with Crippen LogP contribution >= 0.6 is 0 Å². The van der Waals surface area contributed by atoms with Crippen LogP contribution in [0.3, 0.4) is 0 Å². The van der Waals surface area contributed by atoms with Crippen LogP contribution in [0.4, 0.5) is 0 Å². The first kappa shape index (κ1) is 26.7. The summed E-state index contributed by atoms with van der Waals surface area (Å²) in [5.74, 6) is -0.0937. The molecule has 1 amide bonds. The van der Waals surface area contributed by atoms with Crippen molar-refractivity contribution >= 4 is 28.3 Å². The second-order valence-corrected chi connectivity index (χ2v) is 22.4.